The molecule has 7 heteroatoms. The number of β-amino-alcohol motifs (C(OH)–C–C–N with tert-alkyl or cyclic N) is 1. The number of aliphatic hydroxyl groups is 1. The molecule has 6 nitrogen and oxygen atoms in total. The van der Waals surface area contributed by atoms with Crippen LogP contribution in [0.15, 0.2) is 48.5 Å². The zero-order valence-corrected chi connectivity index (χ0v) is 16.2. The second-order valence-electron chi connectivity index (χ2n) is 6.30. The quantitative estimate of drug-likeness (QED) is 0.726. The Hall–Kier alpha value is -2.28. The van der Waals surface area contributed by atoms with Crippen molar-refractivity contribution in [1.29, 1.82) is 0 Å². The molecule has 1 heterocycles. The van der Waals surface area contributed by atoms with Crippen molar-refractivity contribution >= 4 is 18.3 Å². The Bertz CT molecular complexity index is 772. The maximum Gasteiger partial charge on any atom is 0.255 e. The maximum absolute atomic E-state index is 13.1. The van der Waals surface area contributed by atoms with E-state index < -0.39 is 11.6 Å². The number of para-hydroxylation sites is 1. The number of aliphatic hydroxyl groups excluding tert-OH is 1. The van der Waals surface area contributed by atoms with E-state index in [4.69, 9.17) is 9.47 Å². The molecule has 146 valence electrons. The molecule has 0 unspecified atom stereocenters. The summed E-state index contributed by atoms with van der Waals surface area (Å²) in [5.41, 5.74) is 0.384. The number of hydrogen-bond donors (Lipinski definition) is 3. The Morgan fingerprint density at radius 3 is 2.52 bits per heavy atom. The number of nitrogens with one attached hydrogen (secondary N) is 2. The number of carbonyl (C=O) groups is 1. The zero-order valence-electron chi connectivity index (χ0n) is 15.4. The summed E-state index contributed by atoms with van der Waals surface area (Å²) >= 11 is 0. The normalized spacial score (nSPS) is 21.7. The van der Waals surface area contributed by atoms with Crippen LogP contribution in [0.1, 0.15) is 22.3 Å². The molecule has 3 N–H and O–H groups in total. The Morgan fingerprint density at radius 2 is 1.89 bits per heavy atom. The summed E-state index contributed by atoms with van der Waals surface area (Å²) in [6.45, 7) is 1.10. The number of ether oxygens (including phenoxy) is 2. The van der Waals surface area contributed by atoms with E-state index in [1.54, 1.807) is 18.2 Å². The fourth-order valence-corrected chi connectivity index (χ4v) is 3.49. The highest BCUT2D eigenvalue weighted by molar-refractivity contribution is 5.98. The Labute approximate surface area is 165 Å². The van der Waals surface area contributed by atoms with Gasteiger partial charge in [0.25, 0.3) is 5.91 Å². The highest BCUT2D eigenvalue weighted by atomic mass is 35.5. The SMILES string of the molecule is COc1cccc(C(=O)N[C@@]2(c3ccccc3)CCNC[C@H]2O)c1OC.Cl. The monoisotopic (exact) mass is 392 g/mol. The average molecular weight is 393 g/mol. The van der Waals surface area contributed by atoms with E-state index in [-0.39, 0.29) is 18.3 Å². The highest BCUT2D eigenvalue weighted by Gasteiger charge is 2.43. The summed E-state index contributed by atoms with van der Waals surface area (Å²) in [6.07, 6.45) is -0.171. The first-order valence-corrected chi connectivity index (χ1v) is 8.60. The lowest BCUT2D eigenvalue weighted by atomic mass is 9.79. The second-order valence-corrected chi connectivity index (χ2v) is 6.30. The predicted octanol–water partition coefficient (Wildman–Crippen LogP) is 2.11. The first-order valence-electron chi connectivity index (χ1n) is 8.60. The van der Waals surface area contributed by atoms with Crippen LogP contribution in [-0.2, 0) is 5.54 Å². The lowest BCUT2D eigenvalue weighted by molar-refractivity contribution is 0.0288. The fourth-order valence-electron chi connectivity index (χ4n) is 3.49. The van der Waals surface area contributed by atoms with Gasteiger partial charge in [0.1, 0.15) is 0 Å². The maximum atomic E-state index is 13.1. The van der Waals surface area contributed by atoms with Crippen molar-refractivity contribution in [3.05, 3.63) is 59.7 Å². The Balaban J connectivity index is 0.00000261. The lowest BCUT2D eigenvalue weighted by Gasteiger charge is -2.43. The highest BCUT2D eigenvalue weighted by Crippen LogP contribution is 2.34. The van der Waals surface area contributed by atoms with Crippen LogP contribution in [-0.4, -0.2) is 44.4 Å². The number of benzene rings is 2. The van der Waals surface area contributed by atoms with Crippen LogP contribution in [0.3, 0.4) is 0 Å². The minimum atomic E-state index is -0.863. The standard InChI is InChI=1S/C20H24N2O4.ClH/c1-25-16-10-6-9-15(18(16)26-2)19(24)22-20(11-12-21-13-17(20)23)14-7-4-3-5-8-14;/h3-10,17,21,23H,11-13H2,1-2H3,(H,22,24);1H/t17-,20-;/m1./s1. The van der Waals surface area contributed by atoms with Crippen LogP contribution in [0.2, 0.25) is 0 Å². The van der Waals surface area contributed by atoms with Crippen LogP contribution >= 0.6 is 12.4 Å². The van der Waals surface area contributed by atoms with Crippen molar-refractivity contribution in [2.24, 2.45) is 0 Å². The molecular weight excluding hydrogens is 368 g/mol. The summed E-state index contributed by atoms with van der Waals surface area (Å²) in [4.78, 5) is 13.1. The average Bonchev–Trinajstić information content (AvgIpc) is 2.69. The van der Waals surface area contributed by atoms with Gasteiger partial charge in [-0.25, -0.2) is 0 Å². The zero-order chi connectivity index (χ0) is 18.6. The number of halogens is 1. The Kier molecular flexibility index (Phi) is 7.07. The third-order valence-electron chi connectivity index (χ3n) is 4.88. The van der Waals surface area contributed by atoms with Crippen molar-refractivity contribution in [1.82, 2.24) is 10.6 Å². The molecule has 0 saturated carbocycles. The number of methoxy groups -OCH3 is 2. The first-order chi connectivity index (χ1) is 12.6. The summed E-state index contributed by atoms with van der Waals surface area (Å²) in [6, 6.07) is 14.7. The third kappa shape index (κ3) is 4.03. The van der Waals surface area contributed by atoms with Crippen molar-refractivity contribution in [2.75, 3.05) is 27.3 Å². The molecule has 0 bridgehead atoms. The number of hydrogen-bond acceptors (Lipinski definition) is 5. The van der Waals surface area contributed by atoms with E-state index in [1.165, 1.54) is 14.2 Å². The lowest BCUT2D eigenvalue weighted by Crippen LogP contribution is -2.61. The fraction of sp³-hybridized carbons (Fsp3) is 0.350. The molecule has 0 radical (unpaired) electrons. The molecule has 0 spiro atoms. The molecule has 1 amide bonds. The predicted molar refractivity (Wildman–Crippen MR) is 106 cm³/mol. The summed E-state index contributed by atoms with van der Waals surface area (Å²) in [5, 5.41) is 17.0. The van der Waals surface area contributed by atoms with Crippen LogP contribution in [0.5, 0.6) is 11.5 Å². The number of carbonyl (C=O) groups excluding carboxylic acids is 1. The van der Waals surface area contributed by atoms with Crippen molar-refractivity contribution < 1.29 is 19.4 Å². The van der Waals surface area contributed by atoms with Gasteiger partial charge in [-0.1, -0.05) is 36.4 Å². The molecule has 1 aliphatic rings. The van der Waals surface area contributed by atoms with Crippen LogP contribution in [0, 0.1) is 0 Å². The molecule has 0 aromatic heterocycles. The van der Waals surface area contributed by atoms with E-state index >= 15 is 0 Å². The molecule has 0 aliphatic carbocycles. The molecule has 2 aromatic rings. The van der Waals surface area contributed by atoms with Crippen LogP contribution < -0.4 is 20.1 Å². The summed E-state index contributed by atoms with van der Waals surface area (Å²) < 4.78 is 10.7. The van der Waals surface area contributed by atoms with Crippen LogP contribution in [0.4, 0.5) is 0 Å². The Morgan fingerprint density at radius 1 is 1.15 bits per heavy atom. The number of rotatable bonds is 5. The molecule has 2 aromatic carbocycles. The molecule has 1 aliphatic heterocycles. The molecule has 1 fully saturated rings. The van der Waals surface area contributed by atoms with Crippen molar-refractivity contribution in [3.8, 4) is 11.5 Å². The van der Waals surface area contributed by atoms with Gasteiger partial charge in [0.15, 0.2) is 11.5 Å². The van der Waals surface area contributed by atoms with E-state index in [2.05, 4.69) is 10.6 Å². The van der Waals surface area contributed by atoms with Crippen molar-refractivity contribution in [3.63, 3.8) is 0 Å². The molecular formula is C20H25ClN2O4. The molecule has 3 rings (SSSR count). The number of piperidine rings is 1. The molecule has 1 saturated heterocycles. The minimum Gasteiger partial charge on any atom is -0.493 e. The largest absolute Gasteiger partial charge is 0.493 e. The van der Waals surface area contributed by atoms with Gasteiger partial charge in [0.05, 0.1) is 31.4 Å². The smallest absolute Gasteiger partial charge is 0.255 e. The summed E-state index contributed by atoms with van der Waals surface area (Å²) in [7, 11) is 3.03. The van der Waals surface area contributed by atoms with E-state index in [0.717, 1.165) is 5.56 Å². The number of amides is 1. The van der Waals surface area contributed by atoms with Gasteiger partial charge in [-0.05, 0) is 30.7 Å². The topological polar surface area (TPSA) is 79.8 Å². The van der Waals surface area contributed by atoms with Crippen LogP contribution in [0.25, 0.3) is 0 Å². The van der Waals surface area contributed by atoms with E-state index in [1.807, 2.05) is 30.3 Å². The molecule has 27 heavy (non-hydrogen) atoms. The van der Waals surface area contributed by atoms with Crippen molar-refractivity contribution in [2.45, 2.75) is 18.1 Å². The third-order valence-corrected chi connectivity index (χ3v) is 4.88. The summed E-state index contributed by atoms with van der Waals surface area (Å²) in [5.74, 6) is 0.546. The van der Waals surface area contributed by atoms with Gasteiger partial charge in [0.2, 0.25) is 0 Å². The molecule has 2 atom stereocenters. The van der Waals surface area contributed by atoms with E-state index in [0.29, 0.717) is 36.6 Å². The van der Waals surface area contributed by atoms with Gasteiger partial charge < -0.3 is 25.2 Å². The van der Waals surface area contributed by atoms with Gasteiger partial charge in [0, 0.05) is 6.54 Å². The minimum absolute atomic E-state index is 0. The van der Waals surface area contributed by atoms with Gasteiger partial charge >= 0.3 is 0 Å². The van der Waals surface area contributed by atoms with Gasteiger partial charge in [-0.2, -0.15) is 0 Å². The second kappa shape index (κ2) is 9.08. The van der Waals surface area contributed by atoms with E-state index in [9.17, 15) is 9.90 Å². The van der Waals surface area contributed by atoms with Gasteiger partial charge in [-0.15, -0.1) is 12.4 Å². The van der Waals surface area contributed by atoms with Gasteiger partial charge in [-0.3, -0.25) is 4.79 Å². The first kappa shape index (κ1) is 21.0.